The molecular weight excluding hydrogens is 386 g/mol. The highest BCUT2D eigenvalue weighted by Crippen LogP contribution is 2.23. The number of sulfonamides is 1. The first-order valence-electron chi connectivity index (χ1n) is 8.11. The molecule has 0 amide bonds. The molecule has 0 aliphatic heterocycles. The van der Waals surface area contributed by atoms with E-state index in [1.165, 1.54) is 36.0 Å². The van der Waals surface area contributed by atoms with Crippen molar-refractivity contribution in [3.05, 3.63) is 59.2 Å². The Balaban J connectivity index is 1.83. The van der Waals surface area contributed by atoms with Gasteiger partial charge in [0, 0.05) is 16.1 Å². The molecule has 0 aliphatic rings. The lowest BCUT2D eigenvalue weighted by atomic mass is 10.1. The lowest BCUT2D eigenvalue weighted by Crippen LogP contribution is -2.15. The van der Waals surface area contributed by atoms with Crippen molar-refractivity contribution in [1.29, 1.82) is 0 Å². The van der Waals surface area contributed by atoms with E-state index in [1.54, 1.807) is 0 Å². The monoisotopic (exact) mass is 407 g/mol. The van der Waals surface area contributed by atoms with Crippen LogP contribution in [0, 0.1) is 13.8 Å². The quantitative estimate of drug-likeness (QED) is 0.411. The molecule has 6 nitrogen and oxygen atoms in total. The highest BCUT2D eigenvalue weighted by Gasteiger charge is 2.12. The summed E-state index contributed by atoms with van der Waals surface area (Å²) in [5.74, 6) is -0.705. The SMILES string of the molecule is Cc1ccc(SCC(=O)OCC(=O)c2ccc(NS(C)(=O)=O)cc2)c(C)c1. The molecule has 0 spiro atoms. The van der Waals surface area contributed by atoms with Gasteiger partial charge in [-0.3, -0.25) is 14.3 Å². The van der Waals surface area contributed by atoms with E-state index in [0.29, 0.717) is 11.3 Å². The first kappa shape index (κ1) is 21.0. The second kappa shape index (κ2) is 9.05. The summed E-state index contributed by atoms with van der Waals surface area (Å²) in [4.78, 5) is 25.0. The van der Waals surface area contributed by atoms with E-state index in [2.05, 4.69) is 4.72 Å². The first-order chi connectivity index (χ1) is 12.6. The van der Waals surface area contributed by atoms with Gasteiger partial charge in [0.1, 0.15) is 0 Å². The van der Waals surface area contributed by atoms with Crippen molar-refractivity contribution >= 4 is 39.2 Å². The summed E-state index contributed by atoms with van der Waals surface area (Å²) >= 11 is 1.37. The van der Waals surface area contributed by atoms with Gasteiger partial charge in [-0.05, 0) is 49.7 Å². The van der Waals surface area contributed by atoms with Gasteiger partial charge in [-0.2, -0.15) is 0 Å². The van der Waals surface area contributed by atoms with E-state index >= 15 is 0 Å². The summed E-state index contributed by atoms with van der Waals surface area (Å²) in [7, 11) is -3.37. The van der Waals surface area contributed by atoms with Gasteiger partial charge in [-0.15, -0.1) is 11.8 Å². The Morgan fingerprint density at radius 3 is 2.33 bits per heavy atom. The van der Waals surface area contributed by atoms with Crippen molar-refractivity contribution in [1.82, 2.24) is 0 Å². The van der Waals surface area contributed by atoms with Crippen LogP contribution in [0.4, 0.5) is 5.69 Å². The summed E-state index contributed by atoms with van der Waals surface area (Å²) in [6.45, 7) is 3.63. The third-order valence-electron chi connectivity index (χ3n) is 3.55. The minimum atomic E-state index is -3.37. The summed E-state index contributed by atoms with van der Waals surface area (Å²) in [5, 5.41) is 0. The molecule has 8 heteroatoms. The van der Waals surface area contributed by atoms with E-state index in [4.69, 9.17) is 4.74 Å². The van der Waals surface area contributed by atoms with Crippen LogP contribution in [0.1, 0.15) is 21.5 Å². The number of hydrogen-bond donors (Lipinski definition) is 1. The number of aryl methyl sites for hydroxylation is 2. The molecule has 0 saturated heterocycles. The first-order valence-corrected chi connectivity index (χ1v) is 11.0. The zero-order valence-corrected chi connectivity index (χ0v) is 16.9. The van der Waals surface area contributed by atoms with Crippen molar-refractivity contribution in [2.45, 2.75) is 18.7 Å². The van der Waals surface area contributed by atoms with E-state index in [0.717, 1.165) is 22.3 Å². The molecule has 27 heavy (non-hydrogen) atoms. The highest BCUT2D eigenvalue weighted by atomic mass is 32.2. The third kappa shape index (κ3) is 7.07. The standard InChI is InChI=1S/C19H21NO5S2/c1-13-4-9-18(14(2)10-13)26-12-19(22)25-11-17(21)15-5-7-16(8-6-15)20-27(3,23)24/h4-10,20H,11-12H2,1-3H3. The van der Waals surface area contributed by atoms with E-state index < -0.39 is 16.0 Å². The van der Waals surface area contributed by atoms with Crippen LogP contribution in [0.5, 0.6) is 0 Å². The molecule has 2 aromatic carbocycles. The number of carbonyl (C=O) groups excluding carboxylic acids is 2. The molecule has 0 fully saturated rings. The van der Waals surface area contributed by atoms with Gasteiger partial charge in [0.2, 0.25) is 10.0 Å². The maximum Gasteiger partial charge on any atom is 0.316 e. The maximum atomic E-state index is 12.1. The molecule has 0 bridgehead atoms. The van der Waals surface area contributed by atoms with Crippen LogP contribution >= 0.6 is 11.8 Å². The van der Waals surface area contributed by atoms with E-state index in [9.17, 15) is 18.0 Å². The van der Waals surface area contributed by atoms with Gasteiger partial charge in [0.05, 0.1) is 12.0 Å². The Morgan fingerprint density at radius 1 is 1.07 bits per heavy atom. The molecule has 0 aromatic heterocycles. The predicted molar refractivity (Wildman–Crippen MR) is 107 cm³/mol. The van der Waals surface area contributed by atoms with Crippen molar-refractivity contribution in [2.75, 3.05) is 23.3 Å². The fourth-order valence-electron chi connectivity index (χ4n) is 2.31. The smallest absolute Gasteiger partial charge is 0.316 e. The zero-order chi connectivity index (χ0) is 20.0. The third-order valence-corrected chi connectivity index (χ3v) is 5.31. The number of rotatable bonds is 8. The van der Waals surface area contributed by atoms with E-state index in [1.807, 2.05) is 32.0 Å². The average molecular weight is 408 g/mol. The molecule has 2 rings (SSSR count). The number of anilines is 1. The number of carbonyl (C=O) groups is 2. The van der Waals surface area contributed by atoms with Gasteiger partial charge >= 0.3 is 5.97 Å². The number of hydrogen-bond acceptors (Lipinski definition) is 6. The molecule has 0 unspecified atom stereocenters. The summed E-state index contributed by atoms with van der Waals surface area (Å²) in [5.41, 5.74) is 2.94. The van der Waals surface area contributed by atoms with Gasteiger partial charge in [0.25, 0.3) is 0 Å². The summed E-state index contributed by atoms with van der Waals surface area (Å²) in [6.07, 6.45) is 1.04. The Labute approximate surface area is 163 Å². The largest absolute Gasteiger partial charge is 0.457 e. The number of ketones is 1. The molecule has 2 aromatic rings. The number of Topliss-reactive ketones (excluding diaryl/α,β-unsaturated/α-hetero) is 1. The van der Waals surface area contributed by atoms with Crippen LogP contribution in [-0.4, -0.2) is 38.8 Å². The van der Waals surface area contributed by atoms with Crippen LogP contribution in [0.3, 0.4) is 0 Å². The molecule has 0 saturated carbocycles. The Morgan fingerprint density at radius 2 is 1.74 bits per heavy atom. The Bertz CT molecular complexity index is 937. The molecule has 0 heterocycles. The fourth-order valence-corrected chi connectivity index (χ4v) is 3.68. The second-order valence-electron chi connectivity index (χ2n) is 6.09. The molecule has 0 radical (unpaired) electrons. The van der Waals surface area contributed by atoms with Crippen LogP contribution < -0.4 is 4.72 Å². The van der Waals surface area contributed by atoms with Gasteiger partial charge in [0.15, 0.2) is 12.4 Å². The van der Waals surface area contributed by atoms with Gasteiger partial charge in [-0.25, -0.2) is 8.42 Å². The molecule has 0 aliphatic carbocycles. The maximum absolute atomic E-state index is 12.1. The van der Waals surface area contributed by atoms with Crippen LogP contribution in [-0.2, 0) is 19.6 Å². The number of esters is 1. The van der Waals surface area contributed by atoms with Crippen LogP contribution in [0.2, 0.25) is 0 Å². The van der Waals surface area contributed by atoms with Crippen molar-refractivity contribution in [3.63, 3.8) is 0 Å². The molecule has 1 N–H and O–H groups in total. The minimum Gasteiger partial charge on any atom is -0.457 e. The highest BCUT2D eigenvalue weighted by molar-refractivity contribution is 8.00. The Kier molecular flexibility index (Phi) is 7.04. The fraction of sp³-hybridized carbons (Fsp3) is 0.263. The number of nitrogens with one attached hydrogen (secondary N) is 1. The second-order valence-corrected chi connectivity index (χ2v) is 8.86. The van der Waals surface area contributed by atoms with Crippen molar-refractivity contribution in [2.24, 2.45) is 0 Å². The number of ether oxygens (including phenoxy) is 1. The van der Waals surface area contributed by atoms with Crippen LogP contribution in [0.15, 0.2) is 47.4 Å². The average Bonchev–Trinajstić information content (AvgIpc) is 2.58. The van der Waals surface area contributed by atoms with Gasteiger partial charge in [-0.1, -0.05) is 17.7 Å². The van der Waals surface area contributed by atoms with Crippen molar-refractivity contribution < 1.29 is 22.7 Å². The zero-order valence-electron chi connectivity index (χ0n) is 15.3. The van der Waals surface area contributed by atoms with Crippen molar-refractivity contribution in [3.8, 4) is 0 Å². The van der Waals surface area contributed by atoms with E-state index in [-0.39, 0.29) is 18.1 Å². The number of thioether (sulfide) groups is 1. The lowest BCUT2D eigenvalue weighted by Gasteiger charge is -2.08. The normalized spacial score (nSPS) is 11.1. The predicted octanol–water partition coefficient (Wildman–Crippen LogP) is 3.19. The molecular formula is C19H21NO5S2. The minimum absolute atomic E-state index is 0.119. The summed E-state index contributed by atoms with van der Waals surface area (Å²) < 4.78 is 29.7. The lowest BCUT2D eigenvalue weighted by molar-refractivity contribution is -0.139. The Hall–Kier alpha value is -2.32. The number of benzene rings is 2. The van der Waals surface area contributed by atoms with Gasteiger partial charge < -0.3 is 4.74 Å². The molecule has 144 valence electrons. The molecule has 0 atom stereocenters. The van der Waals surface area contributed by atoms with Crippen LogP contribution in [0.25, 0.3) is 0 Å². The summed E-state index contributed by atoms with van der Waals surface area (Å²) in [6, 6.07) is 11.9. The topological polar surface area (TPSA) is 89.5 Å².